The Hall–Kier alpha value is -1.67. The van der Waals surface area contributed by atoms with E-state index in [1.807, 2.05) is 25.1 Å². The van der Waals surface area contributed by atoms with Gasteiger partial charge in [-0.25, -0.2) is 0 Å². The second-order valence-corrected chi connectivity index (χ2v) is 21.8. The average molecular weight is 647 g/mol. The summed E-state index contributed by atoms with van der Waals surface area (Å²) in [6.07, 6.45) is 3.88. The molecule has 0 unspecified atom stereocenters. The fourth-order valence-corrected chi connectivity index (χ4v) is 7.39. The molecule has 0 bridgehead atoms. The predicted octanol–water partition coefficient (Wildman–Crippen LogP) is 9.37. The van der Waals surface area contributed by atoms with E-state index >= 15 is 0 Å². The molecule has 45 heavy (non-hydrogen) atoms. The molecule has 7 atom stereocenters. The van der Waals surface area contributed by atoms with E-state index in [-0.39, 0.29) is 52.0 Å². The number of benzene rings is 1. The maximum absolute atomic E-state index is 13.8. The van der Waals surface area contributed by atoms with Gasteiger partial charge in [-0.15, -0.1) is 6.58 Å². The molecular weight excluding hydrogens is 580 g/mol. The van der Waals surface area contributed by atoms with Gasteiger partial charge in [-0.2, -0.15) is 0 Å². The lowest BCUT2D eigenvalue weighted by atomic mass is 9.79. The van der Waals surface area contributed by atoms with Crippen LogP contribution in [0.25, 0.3) is 0 Å². The molecule has 0 aliphatic carbocycles. The van der Waals surface area contributed by atoms with Crippen molar-refractivity contribution in [3.05, 3.63) is 35.9 Å². The van der Waals surface area contributed by atoms with Crippen molar-refractivity contribution in [2.24, 2.45) is 17.8 Å². The number of hydrogen-bond acceptors (Lipinski definition) is 6. The molecule has 2 rings (SSSR count). The lowest BCUT2D eigenvalue weighted by Crippen LogP contribution is -2.51. The van der Waals surface area contributed by atoms with E-state index < -0.39 is 20.3 Å². The van der Waals surface area contributed by atoms with E-state index in [0.717, 1.165) is 36.1 Å². The van der Waals surface area contributed by atoms with Gasteiger partial charge >= 0.3 is 5.97 Å². The first-order valence-electron chi connectivity index (χ1n) is 17.0. The SMILES string of the molecule is C=CCC[C@@H](O)[C@@H](C)[C@H](O[Si](C)(C)C(C)(C)C)[C@H](C)[C@@H]1CC[C@H]([C@@H](C)C(=O)Oc2c(C(C)(C)C)cc(OC)cc2C(C)(C)C)O1. The summed E-state index contributed by atoms with van der Waals surface area (Å²) in [4.78, 5) is 13.8. The van der Waals surface area contributed by atoms with E-state index in [1.54, 1.807) is 7.11 Å². The number of rotatable bonds is 13. The number of carbonyl (C=O) groups excluding carboxylic acids is 1. The molecule has 1 saturated heterocycles. The average Bonchev–Trinajstić information content (AvgIpc) is 3.42. The summed E-state index contributed by atoms with van der Waals surface area (Å²) in [5, 5.41) is 11.2. The van der Waals surface area contributed by atoms with Crippen molar-refractivity contribution >= 4 is 14.3 Å². The number of esters is 1. The zero-order valence-electron chi connectivity index (χ0n) is 31.3. The number of aliphatic hydroxyl groups is 1. The Kier molecular flexibility index (Phi) is 13.2. The van der Waals surface area contributed by atoms with Gasteiger partial charge in [-0.1, -0.05) is 82.2 Å². The summed E-state index contributed by atoms with van der Waals surface area (Å²) in [5.41, 5.74) is 1.37. The van der Waals surface area contributed by atoms with Crippen LogP contribution in [-0.2, 0) is 24.8 Å². The van der Waals surface area contributed by atoms with Crippen LogP contribution < -0.4 is 9.47 Å². The minimum atomic E-state index is -2.14. The normalized spacial score (nSPS) is 21.5. The number of aliphatic hydroxyl groups excluding tert-OH is 1. The number of hydrogen-bond donors (Lipinski definition) is 1. The van der Waals surface area contributed by atoms with E-state index in [9.17, 15) is 9.90 Å². The van der Waals surface area contributed by atoms with E-state index in [0.29, 0.717) is 12.2 Å². The summed E-state index contributed by atoms with van der Waals surface area (Å²) >= 11 is 0. The van der Waals surface area contributed by atoms with E-state index in [4.69, 9.17) is 18.6 Å². The molecule has 1 aromatic carbocycles. The summed E-state index contributed by atoms with van der Waals surface area (Å²) in [5.74, 6) is 0.632. The highest BCUT2D eigenvalue weighted by molar-refractivity contribution is 6.74. The topological polar surface area (TPSA) is 74.2 Å². The molecule has 1 aromatic rings. The Labute approximate surface area is 276 Å². The summed E-state index contributed by atoms with van der Waals surface area (Å²) in [6.45, 7) is 34.0. The third kappa shape index (κ3) is 9.91. The Bertz CT molecular complexity index is 1100. The first kappa shape index (κ1) is 39.5. The van der Waals surface area contributed by atoms with Crippen LogP contribution in [0.3, 0.4) is 0 Å². The molecule has 0 amide bonds. The predicted molar refractivity (Wildman–Crippen MR) is 189 cm³/mol. The van der Waals surface area contributed by atoms with Crippen molar-refractivity contribution < 1.29 is 28.5 Å². The third-order valence-corrected chi connectivity index (χ3v) is 14.7. The molecule has 7 heteroatoms. The first-order chi connectivity index (χ1) is 20.5. The zero-order valence-corrected chi connectivity index (χ0v) is 32.3. The van der Waals surface area contributed by atoms with Gasteiger partial charge in [0.05, 0.1) is 37.4 Å². The molecule has 1 N–H and O–H groups in total. The molecule has 1 fully saturated rings. The fourth-order valence-electron chi connectivity index (χ4n) is 5.93. The molecule has 0 radical (unpaired) electrons. The van der Waals surface area contributed by atoms with E-state index in [2.05, 4.69) is 95.8 Å². The largest absolute Gasteiger partial charge is 0.497 e. The number of carbonyl (C=O) groups is 1. The molecule has 0 saturated carbocycles. The van der Waals surface area contributed by atoms with Crippen LogP contribution in [0.15, 0.2) is 24.8 Å². The van der Waals surface area contributed by atoms with Gasteiger partial charge in [0.25, 0.3) is 0 Å². The van der Waals surface area contributed by atoms with Crippen LogP contribution in [0.5, 0.6) is 11.5 Å². The van der Waals surface area contributed by atoms with Crippen LogP contribution in [0.4, 0.5) is 0 Å². The molecule has 0 aromatic heterocycles. The maximum Gasteiger partial charge on any atom is 0.316 e. The Balaban J connectivity index is 2.33. The van der Waals surface area contributed by atoms with Gasteiger partial charge in [0, 0.05) is 23.0 Å². The minimum Gasteiger partial charge on any atom is -0.497 e. The third-order valence-electron chi connectivity index (χ3n) is 10.3. The van der Waals surface area contributed by atoms with Gasteiger partial charge in [-0.05, 0) is 73.7 Å². The maximum atomic E-state index is 13.8. The van der Waals surface area contributed by atoms with Crippen molar-refractivity contribution in [3.63, 3.8) is 0 Å². The van der Waals surface area contributed by atoms with E-state index in [1.165, 1.54) is 0 Å². The molecule has 258 valence electrons. The van der Waals surface area contributed by atoms with Crippen LogP contribution in [0, 0.1) is 17.8 Å². The lowest BCUT2D eigenvalue weighted by Gasteiger charge is -2.44. The first-order valence-corrected chi connectivity index (χ1v) is 19.9. The highest BCUT2D eigenvalue weighted by Crippen LogP contribution is 2.44. The molecule has 0 spiro atoms. The fraction of sp³-hybridized carbons (Fsp3) is 0.763. The standard InChI is InChI=1S/C38H66O6Si/c1-17-18-19-30(39)24(2)33(44-45(15,16)38(11,12)13)25(3)31-20-21-32(42-31)26(4)35(40)43-34-28(36(5,6)7)22-27(41-14)23-29(34)37(8,9)10/h17,22-26,30-33,39H,1,18-21H2,2-16H3/t24-,25-,26-,30-,31+,32-,33+/m1/s1. The number of methoxy groups -OCH3 is 1. The van der Waals surface area contributed by atoms with Crippen molar-refractivity contribution in [2.75, 3.05) is 7.11 Å². The number of allylic oxidation sites excluding steroid dienone is 1. The summed E-state index contributed by atoms with van der Waals surface area (Å²) in [7, 11) is -0.472. The molecule has 6 nitrogen and oxygen atoms in total. The molecule has 1 aliphatic heterocycles. The monoisotopic (exact) mass is 646 g/mol. The van der Waals surface area contributed by atoms with Gasteiger partial charge in [0.15, 0.2) is 8.32 Å². The highest BCUT2D eigenvalue weighted by atomic mass is 28.4. The minimum absolute atomic E-state index is 0.0351. The highest BCUT2D eigenvalue weighted by Gasteiger charge is 2.46. The Morgan fingerprint density at radius 3 is 1.96 bits per heavy atom. The van der Waals surface area contributed by atoms with Crippen LogP contribution >= 0.6 is 0 Å². The molecule has 1 aliphatic rings. The number of ether oxygens (including phenoxy) is 3. The quantitative estimate of drug-likeness (QED) is 0.0996. The zero-order chi connectivity index (χ0) is 34.7. The van der Waals surface area contributed by atoms with Crippen LogP contribution in [0.2, 0.25) is 18.1 Å². The molecule has 1 heterocycles. The van der Waals surface area contributed by atoms with Crippen LogP contribution in [0.1, 0.15) is 120 Å². The van der Waals surface area contributed by atoms with Gasteiger partial charge < -0.3 is 23.7 Å². The lowest BCUT2D eigenvalue weighted by molar-refractivity contribution is -0.144. The van der Waals surface area contributed by atoms with Gasteiger partial charge in [-0.3, -0.25) is 4.79 Å². The van der Waals surface area contributed by atoms with Crippen molar-refractivity contribution in [3.8, 4) is 11.5 Å². The second kappa shape index (κ2) is 15.0. The van der Waals surface area contributed by atoms with Crippen LogP contribution in [-0.4, -0.2) is 50.9 Å². The van der Waals surface area contributed by atoms with Gasteiger partial charge in [0.2, 0.25) is 0 Å². The smallest absolute Gasteiger partial charge is 0.316 e. The van der Waals surface area contributed by atoms with Crippen molar-refractivity contribution in [1.82, 2.24) is 0 Å². The molecular formula is C38H66O6Si. The summed E-state index contributed by atoms with van der Waals surface area (Å²) < 4.78 is 25.7. The Morgan fingerprint density at radius 2 is 1.51 bits per heavy atom. The second-order valence-electron chi connectivity index (χ2n) is 17.0. The Morgan fingerprint density at radius 1 is 1.00 bits per heavy atom. The van der Waals surface area contributed by atoms with Gasteiger partial charge in [0.1, 0.15) is 11.5 Å². The summed E-state index contributed by atoms with van der Waals surface area (Å²) in [6, 6.07) is 3.97. The van der Waals surface area contributed by atoms with Crippen molar-refractivity contribution in [1.29, 1.82) is 0 Å². The van der Waals surface area contributed by atoms with Crippen molar-refractivity contribution in [2.45, 2.75) is 162 Å².